The van der Waals surface area contributed by atoms with Crippen molar-refractivity contribution in [2.75, 3.05) is 31.1 Å². The van der Waals surface area contributed by atoms with E-state index in [1.807, 2.05) is 22.9 Å². The van der Waals surface area contributed by atoms with Gasteiger partial charge in [0.1, 0.15) is 6.33 Å². The molecule has 1 fully saturated rings. The van der Waals surface area contributed by atoms with Crippen LogP contribution in [0.1, 0.15) is 18.5 Å². The molecule has 3 aromatic heterocycles. The molecule has 3 aromatic rings. The first-order chi connectivity index (χ1) is 11.8. The van der Waals surface area contributed by atoms with Crippen molar-refractivity contribution < 1.29 is 0 Å². The fourth-order valence-electron chi connectivity index (χ4n) is 3.08. The molecule has 1 atom stereocenters. The lowest BCUT2D eigenvalue weighted by Crippen LogP contribution is -2.47. The molecule has 0 radical (unpaired) electrons. The topological polar surface area (TPSA) is 50.1 Å². The second-order valence-corrected chi connectivity index (χ2v) is 6.76. The summed E-state index contributed by atoms with van der Waals surface area (Å²) in [4.78, 5) is 8.88. The van der Waals surface area contributed by atoms with Gasteiger partial charge in [-0.25, -0.2) is 4.98 Å². The van der Waals surface area contributed by atoms with Crippen LogP contribution in [-0.4, -0.2) is 50.8 Å². The highest BCUT2D eigenvalue weighted by atomic mass is 32.1. The summed E-state index contributed by atoms with van der Waals surface area (Å²) in [5, 5.41) is 13.1. The number of imidazole rings is 1. The fraction of sp³-hybridized carbons (Fsp3) is 0.353. The number of aromatic nitrogens is 4. The van der Waals surface area contributed by atoms with Gasteiger partial charge in [0.25, 0.3) is 0 Å². The molecule has 1 unspecified atom stereocenters. The van der Waals surface area contributed by atoms with Crippen molar-refractivity contribution in [3.8, 4) is 5.82 Å². The molecule has 0 aromatic carbocycles. The normalized spacial score (nSPS) is 17.1. The Kier molecular flexibility index (Phi) is 4.27. The van der Waals surface area contributed by atoms with Gasteiger partial charge in [0.2, 0.25) is 0 Å². The van der Waals surface area contributed by atoms with Crippen molar-refractivity contribution in [3.05, 3.63) is 53.2 Å². The van der Waals surface area contributed by atoms with Gasteiger partial charge in [0.05, 0.1) is 0 Å². The molecule has 7 heteroatoms. The first kappa shape index (κ1) is 15.3. The average Bonchev–Trinajstić information content (AvgIpc) is 3.35. The third-order valence-corrected chi connectivity index (χ3v) is 5.32. The number of hydrogen-bond acceptors (Lipinski definition) is 6. The zero-order chi connectivity index (χ0) is 16.4. The molecule has 124 valence electrons. The molecule has 0 amide bonds. The van der Waals surface area contributed by atoms with E-state index in [9.17, 15) is 0 Å². The Balaban J connectivity index is 1.39. The number of thiophene rings is 1. The summed E-state index contributed by atoms with van der Waals surface area (Å²) in [7, 11) is 0. The van der Waals surface area contributed by atoms with Crippen LogP contribution in [0.4, 0.5) is 5.82 Å². The molecule has 0 spiro atoms. The molecule has 1 aliphatic rings. The van der Waals surface area contributed by atoms with Crippen molar-refractivity contribution in [2.24, 2.45) is 0 Å². The third kappa shape index (κ3) is 3.05. The summed E-state index contributed by atoms with van der Waals surface area (Å²) in [5.41, 5.74) is 1.41. The van der Waals surface area contributed by atoms with Crippen LogP contribution in [0.15, 0.2) is 47.7 Å². The van der Waals surface area contributed by atoms with Crippen LogP contribution in [0.5, 0.6) is 0 Å². The molecule has 0 bridgehead atoms. The van der Waals surface area contributed by atoms with Gasteiger partial charge in [-0.15, -0.1) is 10.2 Å². The highest BCUT2D eigenvalue weighted by Gasteiger charge is 2.23. The molecule has 0 saturated carbocycles. The van der Waals surface area contributed by atoms with Gasteiger partial charge < -0.3 is 4.90 Å². The number of piperazine rings is 1. The minimum absolute atomic E-state index is 0.480. The van der Waals surface area contributed by atoms with Gasteiger partial charge in [0, 0.05) is 44.6 Å². The molecular formula is C17H20N6S. The third-order valence-electron chi connectivity index (χ3n) is 4.62. The smallest absolute Gasteiger partial charge is 0.160 e. The maximum absolute atomic E-state index is 4.39. The van der Waals surface area contributed by atoms with E-state index in [1.165, 1.54) is 5.56 Å². The second-order valence-electron chi connectivity index (χ2n) is 5.98. The largest absolute Gasteiger partial charge is 0.353 e. The van der Waals surface area contributed by atoms with Crippen molar-refractivity contribution in [1.29, 1.82) is 0 Å². The van der Waals surface area contributed by atoms with E-state index in [2.05, 4.69) is 48.7 Å². The summed E-state index contributed by atoms with van der Waals surface area (Å²) in [6.45, 7) is 6.34. The average molecular weight is 340 g/mol. The van der Waals surface area contributed by atoms with E-state index in [4.69, 9.17) is 0 Å². The zero-order valence-corrected chi connectivity index (χ0v) is 14.4. The van der Waals surface area contributed by atoms with Crippen LogP contribution >= 0.6 is 11.3 Å². The van der Waals surface area contributed by atoms with E-state index in [0.29, 0.717) is 6.04 Å². The summed E-state index contributed by atoms with van der Waals surface area (Å²) in [5.74, 6) is 1.74. The van der Waals surface area contributed by atoms with E-state index in [1.54, 1.807) is 23.9 Å². The maximum Gasteiger partial charge on any atom is 0.160 e. The van der Waals surface area contributed by atoms with Crippen LogP contribution < -0.4 is 4.90 Å². The summed E-state index contributed by atoms with van der Waals surface area (Å²) >= 11 is 1.77. The van der Waals surface area contributed by atoms with Gasteiger partial charge in [-0.05, 0) is 41.4 Å². The van der Waals surface area contributed by atoms with Crippen LogP contribution in [0.3, 0.4) is 0 Å². The molecule has 1 aliphatic heterocycles. The monoisotopic (exact) mass is 340 g/mol. The molecule has 1 saturated heterocycles. The van der Waals surface area contributed by atoms with Crippen molar-refractivity contribution in [1.82, 2.24) is 24.6 Å². The lowest BCUT2D eigenvalue weighted by atomic mass is 10.1. The predicted octanol–water partition coefficient (Wildman–Crippen LogP) is 2.61. The maximum atomic E-state index is 4.39. The number of hydrogen-bond donors (Lipinski definition) is 0. The highest BCUT2D eigenvalue weighted by Crippen LogP contribution is 2.24. The van der Waals surface area contributed by atoms with Crippen LogP contribution in [0, 0.1) is 0 Å². The van der Waals surface area contributed by atoms with Crippen LogP contribution in [-0.2, 0) is 0 Å². The number of rotatable bonds is 4. The van der Waals surface area contributed by atoms with Gasteiger partial charge in [-0.3, -0.25) is 9.47 Å². The Morgan fingerprint density at radius 3 is 2.46 bits per heavy atom. The van der Waals surface area contributed by atoms with Crippen LogP contribution in [0.25, 0.3) is 5.82 Å². The first-order valence-corrected chi connectivity index (χ1v) is 9.09. The number of nitrogens with zero attached hydrogens (tertiary/aromatic N) is 6. The van der Waals surface area contributed by atoms with Crippen molar-refractivity contribution >= 4 is 17.2 Å². The molecule has 4 heterocycles. The SMILES string of the molecule is CC(c1ccsc1)N1CCN(c2ccc(-n3ccnc3)nn2)CC1. The first-order valence-electron chi connectivity index (χ1n) is 8.14. The lowest BCUT2D eigenvalue weighted by molar-refractivity contribution is 0.198. The highest BCUT2D eigenvalue weighted by molar-refractivity contribution is 7.07. The minimum Gasteiger partial charge on any atom is -0.353 e. The van der Waals surface area contributed by atoms with Gasteiger partial charge in [0.15, 0.2) is 11.6 Å². The number of anilines is 1. The van der Waals surface area contributed by atoms with Crippen molar-refractivity contribution in [3.63, 3.8) is 0 Å². The molecule has 6 nitrogen and oxygen atoms in total. The van der Waals surface area contributed by atoms with Gasteiger partial charge in [-0.1, -0.05) is 0 Å². The quantitative estimate of drug-likeness (QED) is 0.731. The lowest BCUT2D eigenvalue weighted by Gasteiger charge is -2.38. The Morgan fingerprint density at radius 2 is 1.83 bits per heavy atom. The predicted molar refractivity (Wildman–Crippen MR) is 95.7 cm³/mol. The molecule has 24 heavy (non-hydrogen) atoms. The Labute approximate surface area is 145 Å². The summed E-state index contributed by atoms with van der Waals surface area (Å²) < 4.78 is 1.86. The zero-order valence-electron chi connectivity index (χ0n) is 13.6. The van der Waals surface area contributed by atoms with Gasteiger partial charge >= 0.3 is 0 Å². The molecule has 0 aliphatic carbocycles. The Hall–Kier alpha value is -2.25. The Bertz CT molecular complexity index is 745. The minimum atomic E-state index is 0.480. The summed E-state index contributed by atoms with van der Waals surface area (Å²) in [6, 6.07) is 6.74. The van der Waals surface area contributed by atoms with Crippen molar-refractivity contribution in [2.45, 2.75) is 13.0 Å². The second kappa shape index (κ2) is 6.70. The van der Waals surface area contributed by atoms with E-state index < -0.39 is 0 Å². The van der Waals surface area contributed by atoms with E-state index >= 15 is 0 Å². The summed E-state index contributed by atoms with van der Waals surface area (Å²) in [6.07, 6.45) is 5.34. The van der Waals surface area contributed by atoms with Gasteiger partial charge in [-0.2, -0.15) is 11.3 Å². The van der Waals surface area contributed by atoms with E-state index in [0.717, 1.165) is 37.8 Å². The Morgan fingerprint density at radius 1 is 1.04 bits per heavy atom. The molecule has 4 rings (SSSR count). The van der Waals surface area contributed by atoms with E-state index in [-0.39, 0.29) is 0 Å². The fourth-order valence-corrected chi connectivity index (χ4v) is 3.83. The molecule has 0 N–H and O–H groups in total. The molecular weight excluding hydrogens is 320 g/mol. The standard InChI is InChI=1S/C17H20N6S/c1-14(15-4-11-24-12-15)21-7-9-22(10-8-21)16-2-3-17(20-19-16)23-6-5-18-13-23/h2-6,11-14H,7-10H2,1H3. The van der Waals surface area contributed by atoms with Crippen LogP contribution in [0.2, 0.25) is 0 Å².